The third-order valence-corrected chi connectivity index (χ3v) is 4.57. The second kappa shape index (κ2) is 9.40. The Morgan fingerprint density at radius 3 is 2.32 bits per heavy atom. The molecule has 3 rings (SSSR count). The van der Waals surface area contributed by atoms with E-state index in [1.54, 1.807) is 0 Å². The average Bonchev–Trinajstić information content (AvgIpc) is 2.63. The number of piperazine rings is 1. The molecule has 0 unspecified atom stereocenters. The smallest absolute Gasteiger partial charge is 0.254 e. The molecule has 1 N–H and O–H groups in total. The van der Waals surface area contributed by atoms with E-state index in [0.29, 0.717) is 0 Å². The molecule has 1 amide bonds. The fourth-order valence-corrected chi connectivity index (χ4v) is 3.03. The number of carbonyl (C=O) groups is 1. The lowest BCUT2D eigenvalue weighted by molar-refractivity contribution is -0.898. The maximum Gasteiger partial charge on any atom is 0.254 e. The maximum absolute atomic E-state index is 12.5. The second-order valence-electron chi connectivity index (χ2n) is 6.43. The molecule has 1 fully saturated rings. The Kier molecular flexibility index (Phi) is 7.23. The molecule has 0 bridgehead atoms. The summed E-state index contributed by atoms with van der Waals surface area (Å²) in [6, 6.07) is 18.2. The van der Waals surface area contributed by atoms with Gasteiger partial charge < -0.3 is 22.2 Å². The number of carbonyl (C=O) groups excluding carboxylic acids is 1. The predicted octanol–water partition coefficient (Wildman–Crippen LogP) is -0.947. The quantitative estimate of drug-likeness (QED) is 0.751. The van der Waals surface area contributed by atoms with E-state index in [-0.39, 0.29) is 18.3 Å². The predicted molar refractivity (Wildman–Crippen MR) is 98.1 cm³/mol. The lowest BCUT2D eigenvalue weighted by Gasteiger charge is -2.31. The second-order valence-corrected chi connectivity index (χ2v) is 6.43. The highest BCUT2D eigenvalue weighted by Crippen LogP contribution is 2.07. The molecule has 1 aliphatic heterocycles. The lowest BCUT2D eigenvalue weighted by atomic mass is 10.1. The molecular formula is C21H25ClN2O. The SMILES string of the molecule is Cc1ccc(C(=O)N2CC[NH+](CC=Cc3ccccc3)CC2)cc1.[Cl-]. The molecule has 2 aromatic rings. The van der Waals surface area contributed by atoms with E-state index >= 15 is 0 Å². The van der Waals surface area contributed by atoms with Crippen molar-refractivity contribution in [3.05, 3.63) is 77.4 Å². The first-order chi connectivity index (χ1) is 11.7. The molecule has 0 aromatic heterocycles. The fraction of sp³-hybridized carbons (Fsp3) is 0.286. The van der Waals surface area contributed by atoms with Crippen LogP contribution in [0.25, 0.3) is 6.08 Å². The standard InChI is InChI=1S/C21H24N2O.ClH/c1-18-9-11-20(12-10-18)21(24)23-16-14-22(15-17-23)13-5-8-19-6-3-2-4-7-19;/h2-12H,13-17H2,1H3;1H. The van der Waals surface area contributed by atoms with Crippen molar-refractivity contribution in [2.24, 2.45) is 0 Å². The Bertz CT molecular complexity index is 690. The minimum atomic E-state index is 0. The van der Waals surface area contributed by atoms with Gasteiger partial charge in [-0.2, -0.15) is 0 Å². The van der Waals surface area contributed by atoms with E-state index in [1.165, 1.54) is 16.0 Å². The number of halogens is 1. The number of hydrogen-bond donors (Lipinski definition) is 1. The largest absolute Gasteiger partial charge is 1.00 e. The topological polar surface area (TPSA) is 24.8 Å². The first-order valence-corrected chi connectivity index (χ1v) is 8.63. The van der Waals surface area contributed by atoms with Crippen LogP contribution in [0.4, 0.5) is 0 Å². The Morgan fingerprint density at radius 2 is 1.68 bits per heavy atom. The van der Waals surface area contributed by atoms with Crippen LogP contribution in [-0.2, 0) is 0 Å². The lowest BCUT2D eigenvalue weighted by Crippen LogP contribution is -3.14. The number of hydrogen-bond acceptors (Lipinski definition) is 1. The third-order valence-electron chi connectivity index (χ3n) is 4.57. The van der Waals surface area contributed by atoms with E-state index in [0.717, 1.165) is 38.3 Å². The number of rotatable bonds is 4. The Balaban J connectivity index is 0.00000225. The van der Waals surface area contributed by atoms with E-state index in [9.17, 15) is 4.79 Å². The van der Waals surface area contributed by atoms with Crippen molar-refractivity contribution < 1.29 is 22.1 Å². The Hall–Kier alpha value is -2.10. The molecule has 2 aromatic carbocycles. The van der Waals surface area contributed by atoms with Crippen LogP contribution in [0.1, 0.15) is 21.5 Å². The zero-order chi connectivity index (χ0) is 16.8. The minimum absolute atomic E-state index is 0. The summed E-state index contributed by atoms with van der Waals surface area (Å²) in [6.07, 6.45) is 4.42. The van der Waals surface area contributed by atoms with Gasteiger partial charge in [-0.3, -0.25) is 4.79 Å². The van der Waals surface area contributed by atoms with Gasteiger partial charge in [-0.1, -0.05) is 54.1 Å². The van der Waals surface area contributed by atoms with Crippen LogP contribution in [0, 0.1) is 6.92 Å². The minimum Gasteiger partial charge on any atom is -1.00 e. The molecule has 25 heavy (non-hydrogen) atoms. The van der Waals surface area contributed by atoms with Gasteiger partial charge in [0, 0.05) is 5.56 Å². The molecule has 0 saturated carbocycles. The normalized spacial score (nSPS) is 15.2. The fourth-order valence-electron chi connectivity index (χ4n) is 3.03. The molecular weight excluding hydrogens is 332 g/mol. The number of aryl methyl sites for hydroxylation is 1. The molecule has 4 heteroatoms. The van der Waals surface area contributed by atoms with Crippen LogP contribution in [0.2, 0.25) is 0 Å². The molecule has 1 heterocycles. The summed E-state index contributed by atoms with van der Waals surface area (Å²) in [4.78, 5) is 16.0. The van der Waals surface area contributed by atoms with Gasteiger partial charge in [0.15, 0.2) is 0 Å². The van der Waals surface area contributed by atoms with E-state index in [4.69, 9.17) is 0 Å². The number of nitrogens with one attached hydrogen (secondary N) is 1. The molecule has 0 radical (unpaired) electrons. The summed E-state index contributed by atoms with van der Waals surface area (Å²) < 4.78 is 0. The van der Waals surface area contributed by atoms with Crippen LogP contribution < -0.4 is 17.3 Å². The van der Waals surface area contributed by atoms with Gasteiger partial charge in [0.05, 0.1) is 32.7 Å². The summed E-state index contributed by atoms with van der Waals surface area (Å²) >= 11 is 0. The first-order valence-electron chi connectivity index (χ1n) is 8.63. The third kappa shape index (κ3) is 5.45. The van der Waals surface area contributed by atoms with Crippen molar-refractivity contribution in [2.45, 2.75) is 6.92 Å². The van der Waals surface area contributed by atoms with Crippen LogP contribution in [-0.4, -0.2) is 43.5 Å². The van der Waals surface area contributed by atoms with Crippen LogP contribution in [0.15, 0.2) is 60.7 Å². The van der Waals surface area contributed by atoms with Gasteiger partial charge in [-0.15, -0.1) is 0 Å². The molecule has 0 atom stereocenters. The average molecular weight is 357 g/mol. The summed E-state index contributed by atoms with van der Waals surface area (Å²) in [5.74, 6) is 0.161. The van der Waals surface area contributed by atoms with Crippen molar-refractivity contribution in [1.29, 1.82) is 0 Å². The number of nitrogens with zero attached hydrogens (tertiary/aromatic N) is 1. The summed E-state index contributed by atoms with van der Waals surface area (Å²) in [6.45, 7) is 6.75. The summed E-state index contributed by atoms with van der Waals surface area (Å²) in [7, 11) is 0. The molecule has 0 spiro atoms. The van der Waals surface area contributed by atoms with Crippen LogP contribution in [0.5, 0.6) is 0 Å². The van der Waals surface area contributed by atoms with Crippen LogP contribution >= 0.6 is 0 Å². The number of amides is 1. The van der Waals surface area contributed by atoms with Crippen molar-refractivity contribution in [2.75, 3.05) is 32.7 Å². The number of quaternary nitrogens is 1. The van der Waals surface area contributed by atoms with Crippen molar-refractivity contribution in [3.8, 4) is 0 Å². The summed E-state index contributed by atoms with van der Waals surface area (Å²) in [5.41, 5.74) is 3.23. The van der Waals surface area contributed by atoms with Gasteiger partial charge in [0.25, 0.3) is 5.91 Å². The van der Waals surface area contributed by atoms with Gasteiger partial charge in [0.1, 0.15) is 0 Å². The molecule has 132 valence electrons. The Morgan fingerprint density at radius 1 is 1.04 bits per heavy atom. The maximum atomic E-state index is 12.5. The van der Waals surface area contributed by atoms with Crippen molar-refractivity contribution >= 4 is 12.0 Å². The number of benzene rings is 2. The molecule has 1 aliphatic rings. The van der Waals surface area contributed by atoms with Crippen LogP contribution in [0.3, 0.4) is 0 Å². The van der Waals surface area contributed by atoms with Gasteiger partial charge in [0.2, 0.25) is 0 Å². The van der Waals surface area contributed by atoms with Gasteiger partial charge in [-0.25, -0.2) is 0 Å². The molecule has 1 saturated heterocycles. The highest BCUT2D eigenvalue weighted by molar-refractivity contribution is 5.94. The highest BCUT2D eigenvalue weighted by Gasteiger charge is 2.23. The summed E-state index contributed by atoms with van der Waals surface area (Å²) in [5, 5.41) is 0. The highest BCUT2D eigenvalue weighted by atomic mass is 35.5. The zero-order valence-electron chi connectivity index (χ0n) is 14.6. The van der Waals surface area contributed by atoms with Crippen molar-refractivity contribution in [1.82, 2.24) is 4.90 Å². The Labute approximate surface area is 156 Å². The van der Waals surface area contributed by atoms with E-state index in [1.807, 2.05) is 42.2 Å². The van der Waals surface area contributed by atoms with E-state index in [2.05, 4.69) is 36.4 Å². The molecule has 0 aliphatic carbocycles. The van der Waals surface area contributed by atoms with E-state index < -0.39 is 0 Å². The molecule has 3 nitrogen and oxygen atoms in total. The van der Waals surface area contributed by atoms with Crippen molar-refractivity contribution in [3.63, 3.8) is 0 Å². The monoisotopic (exact) mass is 356 g/mol. The first kappa shape index (κ1) is 19.2. The van der Waals surface area contributed by atoms with Gasteiger partial charge >= 0.3 is 0 Å². The zero-order valence-corrected chi connectivity index (χ0v) is 15.4. The van der Waals surface area contributed by atoms with Gasteiger partial charge in [-0.05, 0) is 30.7 Å².